The van der Waals surface area contributed by atoms with Gasteiger partial charge in [0.05, 0.1) is 29.5 Å². The van der Waals surface area contributed by atoms with Crippen LogP contribution in [0.4, 0.5) is 5.13 Å². The lowest BCUT2D eigenvalue weighted by atomic mass is 10.2. The van der Waals surface area contributed by atoms with Gasteiger partial charge in [-0.05, 0) is 56.0 Å². The fourth-order valence-electron chi connectivity index (χ4n) is 2.25. The molecule has 1 N–H and O–H groups in total. The van der Waals surface area contributed by atoms with Crippen molar-refractivity contribution >= 4 is 34.0 Å². The molecule has 0 fully saturated rings. The van der Waals surface area contributed by atoms with Crippen LogP contribution in [0, 0.1) is 0 Å². The van der Waals surface area contributed by atoms with Gasteiger partial charge in [-0.2, -0.15) is 5.10 Å². The number of hydrazone groups is 1. The number of nitrogens with one attached hydrogen (secondary N) is 1. The minimum absolute atomic E-state index is 0.0952. The predicted octanol–water partition coefficient (Wildman–Crippen LogP) is 5.50. The molecule has 0 spiro atoms. The summed E-state index contributed by atoms with van der Waals surface area (Å²) >= 11 is 3.20. The summed E-state index contributed by atoms with van der Waals surface area (Å²) in [7, 11) is 0. The van der Waals surface area contributed by atoms with Crippen LogP contribution in [0.2, 0.25) is 0 Å². The summed E-state index contributed by atoms with van der Waals surface area (Å²) in [5.74, 6) is 1.46. The largest absolute Gasteiger partial charge is 0.490 e. The third kappa shape index (κ3) is 4.83. The molecule has 0 atom stereocenters. The van der Waals surface area contributed by atoms with Crippen LogP contribution >= 0.6 is 22.7 Å². The van der Waals surface area contributed by atoms with E-state index in [1.54, 1.807) is 17.6 Å². The van der Waals surface area contributed by atoms with Crippen LogP contribution < -0.4 is 14.9 Å². The minimum Gasteiger partial charge on any atom is -0.490 e. The molecule has 0 amide bonds. The van der Waals surface area contributed by atoms with Crippen LogP contribution in [0.1, 0.15) is 26.3 Å². The zero-order valence-electron chi connectivity index (χ0n) is 14.9. The topological polar surface area (TPSA) is 55.7 Å². The Balaban J connectivity index is 1.67. The number of thiazole rings is 1. The molecular weight excluding hydrogens is 366 g/mol. The molecule has 26 heavy (non-hydrogen) atoms. The van der Waals surface area contributed by atoms with E-state index in [0.717, 1.165) is 32.8 Å². The molecule has 5 nitrogen and oxygen atoms in total. The van der Waals surface area contributed by atoms with E-state index in [0.29, 0.717) is 6.61 Å². The first-order valence-electron chi connectivity index (χ1n) is 8.37. The molecule has 1 aromatic carbocycles. The Hall–Kier alpha value is -2.38. The summed E-state index contributed by atoms with van der Waals surface area (Å²) in [6.07, 6.45) is 1.84. The van der Waals surface area contributed by atoms with Gasteiger partial charge in [0, 0.05) is 5.38 Å². The van der Waals surface area contributed by atoms with Gasteiger partial charge in [0.25, 0.3) is 0 Å². The second-order valence-electron chi connectivity index (χ2n) is 5.69. The Kier molecular flexibility index (Phi) is 6.25. The molecule has 7 heteroatoms. The zero-order chi connectivity index (χ0) is 18.4. The molecule has 3 aromatic rings. The van der Waals surface area contributed by atoms with Crippen LogP contribution in [0.25, 0.3) is 10.6 Å². The van der Waals surface area contributed by atoms with Crippen molar-refractivity contribution in [2.24, 2.45) is 5.10 Å². The molecule has 0 aliphatic carbocycles. The Bertz CT molecular complexity index is 858. The molecule has 2 heterocycles. The first-order valence-corrected chi connectivity index (χ1v) is 10.1. The van der Waals surface area contributed by atoms with Crippen molar-refractivity contribution in [1.82, 2.24) is 4.98 Å². The van der Waals surface area contributed by atoms with E-state index in [1.165, 1.54) is 11.3 Å². The van der Waals surface area contributed by atoms with Gasteiger partial charge in [0.15, 0.2) is 11.5 Å². The molecule has 0 saturated carbocycles. The van der Waals surface area contributed by atoms with Crippen LogP contribution in [0.5, 0.6) is 11.5 Å². The number of hydrogen-bond acceptors (Lipinski definition) is 7. The van der Waals surface area contributed by atoms with Gasteiger partial charge < -0.3 is 9.47 Å². The lowest BCUT2D eigenvalue weighted by Gasteiger charge is -2.14. The normalized spacial score (nSPS) is 11.2. The molecule has 3 rings (SSSR count). The molecule has 0 bridgehead atoms. The van der Waals surface area contributed by atoms with Crippen LogP contribution in [0.3, 0.4) is 0 Å². The highest BCUT2D eigenvalue weighted by Gasteiger charge is 2.08. The highest BCUT2D eigenvalue weighted by atomic mass is 32.1. The average Bonchev–Trinajstić information content (AvgIpc) is 3.28. The van der Waals surface area contributed by atoms with E-state index >= 15 is 0 Å². The van der Waals surface area contributed by atoms with Crippen molar-refractivity contribution in [2.75, 3.05) is 12.0 Å². The third-order valence-corrected chi connectivity index (χ3v) is 4.92. The van der Waals surface area contributed by atoms with Crippen LogP contribution in [-0.4, -0.2) is 23.9 Å². The van der Waals surface area contributed by atoms with E-state index in [4.69, 9.17) is 9.47 Å². The second-order valence-corrected chi connectivity index (χ2v) is 7.50. The fraction of sp³-hybridized carbons (Fsp3) is 0.263. The Morgan fingerprint density at radius 2 is 2.12 bits per heavy atom. The molecular formula is C19H21N3O2S2. The number of thiophene rings is 1. The van der Waals surface area contributed by atoms with Crippen LogP contribution in [0.15, 0.2) is 46.2 Å². The van der Waals surface area contributed by atoms with Crippen molar-refractivity contribution in [3.05, 3.63) is 46.7 Å². The second kappa shape index (κ2) is 8.82. The van der Waals surface area contributed by atoms with Crippen molar-refractivity contribution in [3.63, 3.8) is 0 Å². The van der Waals surface area contributed by atoms with Crippen molar-refractivity contribution < 1.29 is 9.47 Å². The Morgan fingerprint density at radius 3 is 2.85 bits per heavy atom. The number of rotatable bonds is 8. The van der Waals surface area contributed by atoms with Crippen molar-refractivity contribution in [3.8, 4) is 22.1 Å². The third-order valence-electron chi connectivity index (χ3n) is 3.28. The van der Waals surface area contributed by atoms with Gasteiger partial charge in [-0.3, -0.25) is 5.43 Å². The maximum absolute atomic E-state index is 5.77. The van der Waals surface area contributed by atoms with Crippen molar-refractivity contribution in [2.45, 2.75) is 26.9 Å². The molecule has 0 saturated heterocycles. The molecule has 136 valence electrons. The predicted molar refractivity (Wildman–Crippen MR) is 110 cm³/mol. The Morgan fingerprint density at radius 1 is 1.23 bits per heavy atom. The number of ether oxygens (including phenoxy) is 2. The highest BCUT2D eigenvalue weighted by Crippen LogP contribution is 2.30. The Labute approximate surface area is 161 Å². The smallest absolute Gasteiger partial charge is 0.203 e. The molecule has 2 aromatic heterocycles. The number of aromatic nitrogens is 1. The summed E-state index contributed by atoms with van der Waals surface area (Å²) in [4.78, 5) is 5.69. The molecule has 0 radical (unpaired) electrons. The quantitative estimate of drug-likeness (QED) is 0.409. The van der Waals surface area contributed by atoms with Crippen molar-refractivity contribution in [1.29, 1.82) is 0 Å². The summed E-state index contributed by atoms with van der Waals surface area (Å²) in [5.41, 5.74) is 4.88. The number of benzene rings is 1. The first kappa shape index (κ1) is 18.4. The van der Waals surface area contributed by atoms with Gasteiger partial charge in [-0.25, -0.2) is 4.98 Å². The van der Waals surface area contributed by atoms with Gasteiger partial charge in [-0.1, -0.05) is 6.07 Å². The lowest BCUT2D eigenvalue weighted by molar-refractivity contribution is 0.224. The zero-order valence-corrected chi connectivity index (χ0v) is 16.6. The summed E-state index contributed by atoms with van der Waals surface area (Å²) < 4.78 is 11.4. The molecule has 0 aliphatic heterocycles. The molecule has 0 unspecified atom stereocenters. The van der Waals surface area contributed by atoms with Gasteiger partial charge in [0.2, 0.25) is 5.13 Å². The van der Waals surface area contributed by atoms with Crippen LogP contribution in [-0.2, 0) is 0 Å². The standard InChI is InChI=1S/C19H21N3O2S2/c1-4-23-17-10-14(7-8-16(17)24-13(2)3)11-20-22-19-21-15(12-26-19)18-6-5-9-25-18/h5-13H,4H2,1-3H3,(H,21,22)/b20-11-. The maximum atomic E-state index is 5.77. The SMILES string of the molecule is CCOc1cc(/C=N\Nc2nc(-c3cccs3)cs2)ccc1OC(C)C. The fourth-order valence-corrected chi connectivity index (χ4v) is 3.67. The molecule has 0 aliphatic rings. The van der Waals surface area contributed by atoms with E-state index in [1.807, 2.05) is 55.8 Å². The average molecular weight is 388 g/mol. The minimum atomic E-state index is 0.0952. The van der Waals surface area contributed by atoms with E-state index in [2.05, 4.69) is 21.6 Å². The number of hydrogen-bond donors (Lipinski definition) is 1. The highest BCUT2D eigenvalue weighted by molar-refractivity contribution is 7.15. The van der Waals surface area contributed by atoms with E-state index < -0.39 is 0 Å². The number of anilines is 1. The van der Waals surface area contributed by atoms with E-state index in [9.17, 15) is 0 Å². The summed E-state index contributed by atoms with van der Waals surface area (Å²) in [6.45, 7) is 6.52. The van der Waals surface area contributed by atoms with Gasteiger partial charge >= 0.3 is 0 Å². The van der Waals surface area contributed by atoms with E-state index in [-0.39, 0.29) is 6.10 Å². The summed E-state index contributed by atoms with van der Waals surface area (Å²) in [5, 5.41) is 9.10. The lowest BCUT2D eigenvalue weighted by Crippen LogP contribution is -2.07. The summed E-state index contributed by atoms with van der Waals surface area (Å²) in [6, 6.07) is 9.86. The number of nitrogens with zero attached hydrogens (tertiary/aromatic N) is 2. The van der Waals surface area contributed by atoms with Gasteiger partial charge in [0.1, 0.15) is 0 Å². The maximum Gasteiger partial charge on any atom is 0.203 e. The first-order chi connectivity index (χ1) is 12.7. The monoisotopic (exact) mass is 387 g/mol. The van der Waals surface area contributed by atoms with Gasteiger partial charge in [-0.15, -0.1) is 22.7 Å².